The summed E-state index contributed by atoms with van der Waals surface area (Å²) in [5, 5.41) is 6.74. The molecule has 1 aromatic carbocycles. The molecule has 32 heavy (non-hydrogen) atoms. The Bertz CT molecular complexity index is 922. The zero-order chi connectivity index (χ0) is 21.8. The number of anilines is 2. The molecule has 3 fully saturated rings. The third-order valence-electron chi connectivity index (χ3n) is 6.51. The summed E-state index contributed by atoms with van der Waals surface area (Å²) in [6.45, 7) is 4.42. The highest BCUT2D eigenvalue weighted by molar-refractivity contribution is 5.91. The van der Waals surface area contributed by atoms with Crippen LogP contribution in [0.25, 0.3) is 11.0 Å². The number of ether oxygens (including phenoxy) is 3. The number of morpholine rings is 1. The number of alkyl carbamates (subject to hydrolysis) is 1. The third-order valence-corrected chi connectivity index (χ3v) is 6.51. The van der Waals surface area contributed by atoms with E-state index in [1.165, 1.54) is 0 Å². The number of hydrogen-bond acceptors (Lipinski definition) is 8. The van der Waals surface area contributed by atoms with Crippen molar-refractivity contribution in [1.29, 1.82) is 0 Å². The molecule has 1 saturated carbocycles. The van der Waals surface area contributed by atoms with E-state index in [9.17, 15) is 4.79 Å². The minimum atomic E-state index is -0.323. The van der Waals surface area contributed by atoms with Crippen LogP contribution in [0.15, 0.2) is 24.5 Å². The number of rotatable bonds is 5. The normalized spacial score (nSPS) is 26.1. The SMILES string of the molecule is O=C(N[C@H]1CC[C@@H](Nc2cc(N3CCOCC3)cc3nccnc23)CC1)OC1CCOC1. The van der Waals surface area contributed by atoms with Gasteiger partial charge >= 0.3 is 6.09 Å². The maximum absolute atomic E-state index is 12.1. The van der Waals surface area contributed by atoms with E-state index in [0.29, 0.717) is 19.3 Å². The third kappa shape index (κ3) is 5.05. The molecule has 1 amide bonds. The summed E-state index contributed by atoms with van der Waals surface area (Å²) < 4.78 is 16.2. The van der Waals surface area contributed by atoms with Crippen LogP contribution in [0.1, 0.15) is 32.1 Å². The summed E-state index contributed by atoms with van der Waals surface area (Å²) in [5.41, 5.74) is 3.96. The van der Waals surface area contributed by atoms with Crippen LogP contribution in [0.3, 0.4) is 0 Å². The van der Waals surface area contributed by atoms with Gasteiger partial charge in [0.1, 0.15) is 11.6 Å². The van der Waals surface area contributed by atoms with E-state index in [0.717, 1.165) is 80.8 Å². The number of carbonyl (C=O) groups excluding carboxylic acids is 1. The predicted octanol–water partition coefficient (Wildman–Crippen LogP) is 2.70. The predicted molar refractivity (Wildman–Crippen MR) is 121 cm³/mol. The van der Waals surface area contributed by atoms with E-state index in [4.69, 9.17) is 14.2 Å². The molecule has 0 spiro atoms. The fourth-order valence-corrected chi connectivity index (χ4v) is 4.73. The van der Waals surface area contributed by atoms with Crippen LogP contribution in [0.2, 0.25) is 0 Å². The van der Waals surface area contributed by atoms with Crippen LogP contribution in [0, 0.1) is 0 Å². The first-order valence-electron chi connectivity index (χ1n) is 11.6. The smallest absolute Gasteiger partial charge is 0.407 e. The quantitative estimate of drug-likeness (QED) is 0.731. The summed E-state index contributed by atoms with van der Waals surface area (Å²) in [6, 6.07) is 4.78. The molecular weight excluding hydrogens is 410 g/mol. The molecule has 3 aliphatic rings. The van der Waals surface area contributed by atoms with Crippen molar-refractivity contribution in [2.75, 3.05) is 49.7 Å². The van der Waals surface area contributed by atoms with E-state index in [1.807, 2.05) is 0 Å². The molecule has 2 aliphatic heterocycles. The maximum Gasteiger partial charge on any atom is 0.407 e. The van der Waals surface area contributed by atoms with Crippen LogP contribution < -0.4 is 15.5 Å². The second-order valence-electron chi connectivity index (χ2n) is 8.74. The Hall–Kier alpha value is -2.65. The van der Waals surface area contributed by atoms with Crippen LogP contribution in [-0.4, -0.2) is 73.8 Å². The van der Waals surface area contributed by atoms with Crippen LogP contribution in [0.4, 0.5) is 16.2 Å². The number of fused-ring (bicyclic) bond motifs is 1. The molecule has 172 valence electrons. The van der Waals surface area contributed by atoms with Crippen molar-refractivity contribution >= 4 is 28.5 Å². The van der Waals surface area contributed by atoms with Crippen molar-refractivity contribution in [2.45, 2.75) is 50.3 Å². The highest BCUT2D eigenvalue weighted by atomic mass is 16.6. The number of aromatic nitrogens is 2. The molecule has 1 atom stereocenters. The van der Waals surface area contributed by atoms with Gasteiger partial charge in [-0.2, -0.15) is 0 Å². The van der Waals surface area contributed by atoms with Gasteiger partial charge in [0.15, 0.2) is 0 Å². The molecular formula is C23H31N5O4. The zero-order valence-electron chi connectivity index (χ0n) is 18.3. The van der Waals surface area contributed by atoms with E-state index < -0.39 is 0 Å². The molecule has 9 heteroatoms. The largest absolute Gasteiger partial charge is 0.444 e. The summed E-state index contributed by atoms with van der Waals surface area (Å²) in [4.78, 5) is 23.6. The summed E-state index contributed by atoms with van der Waals surface area (Å²) in [5.74, 6) is 0. The molecule has 5 rings (SSSR count). The van der Waals surface area contributed by atoms with Gasteiger partial charge in [0.25, 0.3) is 0 Å². The first kappa shape index (κ1) is 21.2. The van der Waals surface area contributed by atoms with Crippen molar-refractivity contribution in [3.8, 4) is 0 Å². The lowest BCUT2D eigenvalue weighted by Gasteiger charge is -2.32. The molecule has 1 aliphatic carbocycles. The van der Waals surface area contributed by atoms with Crippen molar-refractivity contribution in [3.05, 3.63) is 24.5 Å². The van der Waals surface area contributed by atoms with Crippen molar-refractivity contribution < 1.29 is 19.0 Å². The van der Waals surface area contributed by atoms with Gasteiger partial charge in [-0.05, 0) is 37.8 Å². The van der Waals surface area contributed by atoms with Gasteiger partial charge in [-0.25, -0.2) is 4.79 Å². The van der Waals surface area contributed by atoms with Gasteiger partial charge in [-0.1, -0.05) is 0 Å². The van der Waals surface area contributed by atoms with E-state index in [-0.39, 0.29) is 18.2 Å². The number of carbonyl (C=O) groups is 1. The van der Waals surface area contributed by atoms with Crippen molar-refractivity contribution in [2.24, 2.45) is 0 Å². The van der Waals surface area contributed by atoms with Gasteiger partial charge in [0, 0.05) is 49.7 Å². The highest BCUT2D eigenvalue weighted by Gasteiger charge is 2.26. The zero-order valence-corrected chi connectivity index (χ0v) is 18.3. The summed E-state index contributed by atoms with van der Waals surface area (Å²) in [6.07, 6.45) is 7.61. The minimum absolute atomic E-state index is 0.110. The molecule has 2 saturated heterocycles. The summed E-state index contributed by atoms with van der Waals surface area (Å²) >= 11 is 0. The van der Waals surface area contributed by atoms with E-state index in [1.54, 1.807) is 12.4 Å². The number of nitrogens with one attached hydrogen (secondary N) is 2. The molecule has 3 heterocycles. The molecule has 9 nitrogen and oxygen atoms in total. The standard InChI is InChI=1S/C23H31N5O4/c29-23(32-19-5-10-31-15-19)27-17-3-1-16(2-4-17)26-21-14-18(28-8-11-30-12-9-28)13-20-22(21)25-7-6-24-20/h6-7,13-14,16-17,19,26H,1-5,8-12,15H2,(H,27,29)/t16-,17+,19?. The lowest BCUT2D eigenvalue weighted by Crippen LogP contribution is -2.41. The topological polar surface area (TPSA) is 97.8 Å². The average Bonchev–Trinajstić information content (AvgIpc) is 3.34. The lowest BCUT2D eigenvalue weighted by molar-refractivity contribution is 0.0794. The first-order valence-corrected chi connectivity index (χ1v) is 11.6. The molecule has 2 N–H and O–H groups in total. The molecule has 0 bridgehead atoms. The van der Waals surface area contributed by atoms with Crippen LogP contribution in [-0.2, 0) is 14.2 Å². The maximum atomic E-state index is 12.1. The van der Waals surface area contributed by atoms with Crippen molar-refractivity contribution in [3.63, 3.8) is 0 Å². The molecule has 0 radical (unpaired) electrons. The number of nitrogens with zero attached hydrogens (tertiary/aromatic N) is 3. The Balaban J connectivity index is 1.20. The Morgan fingerprint density at radius 1 is 0.969 bits per heavy atom. The van der Waals surface area contributed by atoms with Gasteiger partial charge in [0.2, 0.25) is 0 Å². The summed E-state index contributed by atoms with van der Waals surface area (Å²) in [7, 11) is 0. The number of amides is 1. The molecule has 1 aromatic heterocycles. The molecule has 1 unspecified atom stereocenters. The van der Waals surface area contributed by atoms with Crippen LogP contribution >= 0.6 is 0 Å². The second kappa shape index (κ2) is 9.87. The van der Waals surface area contributed by atoms with Gasteiger partial charge in [0.05, 0.1) is 37.6 Å². The van der Waals surface area contributed by atoms with Gasteiger partial charge < -0.3 is 29.7 Å². The van der Waals surface area contributed by atoms with Gasteiger partial charge in [-0.3, -0.25) is 9.97 Å². The van der Waals surface area contributed by atoms with E-state index >= 15 is 0 Å². The van der Waals surface area contributed by atoms with Gasteiger partial charge in [-0.15, -0.1) is 0 Å². The fourth-order valence-electron chi connectivity index (χ4n) is 4.73. The minimum Gasteiger partial charge on any atom is -0.444 e. The Labute approximate surface area is 187 Å². The van der Waals surface area contributed by atoms with Crippen LogP contribution in [0.5, 0.6) is 0 Å². The Morgan fingerprint density at radius 2 is 1.75 bits per heavy atom. The first-order chi connectivity index (χ1) is 15.7. The number of benzene rings is 1. The van der Waals surface area contributed by atoms with E-state index in [2.05, 4.69) is 37.6 Å². The average molecular weight is 442 g/mol. The fraction of sp³-hybridized carbons (Fsp3) is 0.609. The lowest BCUT2D eigenvalue weighted by atomic mass is 9.91. The monoisotopic (exact) mass is 441 g/mol. The Kier molecular flexibility index (Phi) is 6.54. The second-order valence-corrected chi connectivity index (χ2v) is 8.74. The Morgan fingerprint density at radius 3 is 2.53 bits per heavy atom. The highest BCUT2D eigenvalue weighted by Crippen LogP contribution is 2.31. The molecule has 2 aromatic rings. The number of hydrogen-bond donors (Lipinski definition) is 2. The van der Waals surface area contributed by atoms with Crippen molar-refractivity contribution in [1.82, 2.24) is 15.3 Å².